The first-order valence-corrected chi connectivity index (χ1v) is 10.5. The van der Waals surface area contributed by atoms with Crippen LogP contribution in [0.5, 0.6) is 0 Å². The second-order valence-corrected chi connectivity index (χ2v) is 7.69. The third kappa shape index (κ3) is 4.41. The first-order valence-electron chi connectivity index (χ1n) is 10.5. The normalized spacial score (nSPS) is 11.8. The van der Waals surface area contributed by atoms with Gasteiger partial charge in [-0.25, -0.2) is 0 Å². The molecule has 1 atom stereocenters. The Labute approximate surface area is 179 Å². The largest absolute Gasteiger partial charge is 0.294 e. The Kier molecular flexibility index (Phi) is 6.20. The number of carbonyl (C=O) groups excluding carboxylic acids is 1. The Morgan fingerprint density at radius 3 is 1.93 bits per heavy atom. The summed E-state index contributed by atoms with van der Waals surface area (Å²) in [7, 11) is 0. The molecule has 1 nitrogen and oxygen atoms in total. The predicted molar refractivity (Wildman–Crippen MR) is 124 cm³/mol. The quantitative estimate of drug-likeness (QED) is 0.245. The molecular weight excluding hydrogens is 364 g/mol. The lowest BCUT2D eigenvalue weighted by Gasteiger charge is -2.23. The fourth-order valence-electron chi connectivity index (χ4n) is 4.14. The number of ketones is 1. The van der Waals surface area contributed by atoms with Crippen molar-refractivity contribution in [1.29, 1.82) is 0 Å². The highest BCUT2D eigenvalue weighted by Crippen LogP contribution is 2.36. The molecule has 0 aromatic heterocycles. The van der Waals surface area contributed by atoms with Gasteiger partial charge < -0.3 is 0 Å². The molecule has 0 saturated carbocycles. The molecule has 148 valence electrons. The Balaban J connectivity index is 1.70. The zero-order chi connectivity index (χ0) is 20.8. The van der Waals surface area contributed by atoms with Gasteiger partial charge in [-0.05, 0) is 41.2 Å². The Hall–Kier alpha value is -3.45. The van der Waals surface area contributed by atoms with Gasteiger partial charge in [0.15, 0.2) is 5.78 Å². The van der Waals surface area contributed by atoms with Gasteiger partial charge in [0.05, 0.1) is 0 Å². The van der Waals surface area contributed by atoms with Gasteiger partial charge in [0.1, 0.15) is 0 Å². The molecule has 1 heteroatoms. The Morgan fingerprint density at radius 1 is 0.667 bits per heavy atom. The van der Waals surface area contributed by atoms with Crippen molar-refractivity contribution in [3.8, 4) is 0 Å². The number of aryl methyl sites for hydroxylation is 2. The molecule has 0 saturated heterocycles. The fourth-order valence-corrected chi connectivity index (χ4v) is 4.14. The lowest BCUT2D eigenvalue weighted by atomic mass is 9.80. The van der Waals surface area contributed by atoms with Gasteiger partial charge in [0.2, 0.25) is 0 Å². The van der Waals surface area contributed by atoms with Gasteiger partial charge in [-0.3, -0.25) is 4.79 Å². The Morgan fingerprint density at radius 2 is 1.23 bits per heavy atom. The molecule has 0 aliphatic carbocycles. The molecule has 0 spiro atoms. The van der Waals surface area contributed by atoms with E-state index in [0.29, 0.717) is 6.42 Å². The molecule has 0 fully saturated rings. The molecule has 0 bridgehead atoms. The zero-order valence-electron chi connectivity index (χ0n) is 17.3. The highest BCUT2D eigenvalue weighted by atomic mass is 16.1. The molecule has 4 rings (SSSR count). The maximum Gasteiger partial charge on any atom is 0.163 e. The van der Waals surface area contributed by atoms with Crippen molar-refractivity contribution in [2.24, 2.45) is 0 Å². The minimum atomic E-state index is 0.149. The number of Topliss-reactive ketones (excluding diaryl/α,β-unsaturated/α-hetero) is 1. The zero-order valence-corrected chi connectivity index (χ0v) is 17.3. The summed E-state index contributed by atoms with van der Waals surface area (Å²) in [5.74, 6) is 0.341. The van der Waals surface area contributed by atoms with Crippen LogP contribution in [0, 0.1) is 6.92 Å². The minimum Gasteiger partial charge on any atom is -0.294 e. The van der Waals surface area contributed by atoms with Crippen molar-refractivity contribution in [1.82, 2.24) is 0 Å². The van der Waals surface area contributed by atoms with Crippen LogP contribution in [0.1, 0.15) is 50.5 Å². The van der Waals surface area contributed by atoms with Crippen LogP contribution in [0.25, 0.3) is 0 Å². The summed E-state index contributed by atoms with van der Waals surface area (Å²) in [4.78, 5) is 12.7. The standard InChI is InChI=1S/C29H26O/c1-22-12-8-10-18-26(22)29(25-16-6-3-7-17-25)27-19-11-9-13-23(27)20-21-28(30)24-14-4-2-5-15-24/h2-19,29H,20-21H2,1H3. The molecule has 0 radical (unpaired) electrons. The molecule has 0 N–H and O–H groups in total. The summed E-state index contributed by atoms with van der Waals surface area (Å²) in [5, 5.41) is 0. The number of rotatable bonds is 7. The molecule has 0 heterocycles. The summed E-state index contributed by atoms with van der Waals surface area (Å²) < 4.78 is 0. The summed E-state index contributed by atoms with van der Waals surface area (Å²) in [6.45, 7) is 2.17. The van der Waals surface area contributed by atoms with Gasteiger partial charge in [-0.1, -0.05) is 109 Å². The van der Waals surface area contributed by atoms with E-state index in [1.54, 1.807) is 0 Å². The average Bonchev–Trinajstić information content (AvgIpc) is 2.81. The van der Waals surface area contributed by atoms with E-state index in [9.17, 15) is 4.79 Å². The topological polar surface area (TPSA) is 17.1 Å². The molecule has 1 unspecified atom stereocenters. The van der Waals surface area contributed by atoms with Crippen molar-refractivity contribution in [3.63, 3.8) is 0 Å². The number of hydrogen-bond donors (Lipinski definition) is 0. The SMILES string of the molecule is Cc1ccccc1C(c1ccccc1)c1ccccc1CCC(=O)c1ccccc1. The molecular formula is C29H26O. The maximum absolute atomic E-state index is 12.7. The molecule has 0 aliphatic rings. The number of benzene rings is 4. The van der Waals surface area contributed by atoms with Crippen LogP contribution in [-0.2, 0) is 6.42 Å². The van der Waals surface area contributed by atoms with Crippen LogP contribution in [-0.4, -0.2) is 5.78 Å². The summed E-state index contributed by atoms with van der Waals surface area (Å²) in [6, 6.07) is 37.4. The van der Waals surface area contributed by atoms with E-state index < -0.39 is 0 Å². The van der Waals surface area contributed by atoms with E-state index in [1.807, 2.05) is 30.3 Å². The third-order valence-electron chi connectivity index (χ3n) is 5.72. The van der Waals surface area contributed by atoms with Gasteiger partial charge >= 0.3 is 0 Å². The highest BCUT2D eigenvalue weighted by molar-refractivity contribution is 5.96. The molecule has 0 amide bonds. The lowest BCUT2D eigenvalue weighted by Crippen LogP contribution is -2.09. The van der Waals surface area contributed by atoms with Crippen LogP contribution in [0.3, 0.4) is 0 Å². The van der Waals surface area contributed by atoms with Crippen LogP contribution in [0.2, 0.25) is 0 Å². The molecule has 4 aromatic rings. The second kappa shape index (κ2) is 9.37. The van der Waals surface area contributed by atoms with Crippen LogP contribution in [0.4, 0.5) is 0 Å². The van der Waals surface area contributed by atoms with Crippen molar-refractivity contribution >= 4 is 5.78 Å². The van der Waals surface area contributed by atoms with Gasteiger partial charge in [0.25, 0.3) is 0 Å². The van der Waals surface area contributed by atoms with E-state index in [4.69, 9.17) is 0 Å². The lowest BCUT2D eigenvalue weighted by molar-refractivity contribution is 0.0983. The van der Waals surface area contributed by atoms with Crippen LogP contribution < -0.4 is 0 Å². The molecule has 4 aromatic carbocycles. The van der Waals surface area contributed by atoms with E-state index in [-0.39, 0.29) is 11.7 Å². The van der Waals surface area contributed by atoms with Crippen LogP contribution in [0.15, 0.2) is 109 Å². The monoisotopic (exact) mass is 390 g/mol. The molecule has 30 heavy (non-hydrogen) atoms. The second-order valence-electron chi connectivity index (χ2n) is 7.69. The van der Waals surface area contributed by atoms with Crippen molar-refractivity contribution in [3.05, 3.63) is 143 Å². The first-order chi connectivity index (χ1) is 14.7. The van der Waals surface area contributed by atoms with Gasteiger partial charge in [-0.2, -0.15) is 0 Å². The number of carbonyl (C=O) groups is 1. The highest BCUT2D eigenvalue weighted by Gasteiger charge is 2.21. The smallest absolute Gasteiger partial charge is 0.163 e. The summed E-state index contributed by atoms with van der Waals surface area (Å²) >= 11 is 0. The minimum absolute atomic E-state index is 0.149. The predicted octanol–water partition coefficient (Wildman–Crippen LogP) is 6.99. The summed E-state index contributed by atoms with van der Waals surface area (Å²) in [5.41, 5.74) is 7.16. The van der Waals surface area contributed by atoms with Crippen molar-refractivity contribution in [2.75, 3.05) is 0 Å². The van der Waals surface area contributed by atoms with Gasteiger partial charge in [0, 0.05) is 17.9 Å². The van der Waals surface area contributed by atoms with Crippen molar-refractivity contribution < 1.29 is 4.79 Å². The summed E-state index contributed by atoms with van der Waals surface area (Å²) in [6.07, 6.45) is 1.25. The fraction of sp³-hybridized carbons (Fsp3) is 0.138. The maximum atomic E-state index is 12.7. The van der Waals surface area contributed by atoms with Gasteiger partial charge in [-0.15, -0.1) is 0 Å². The van der Waals surface area contributed by atoms with E-state index in [1.165, 1.54) is 27.8 Å². The first kappa shape index (κ1) is 19.8. The van der Waals surface area contributed by atoms with E-state index >= 15 is 0 Å². The van der Waals surface area contributed by atoms with Crippen LogP contribution >= 0.6 is 0 Å². The average molecular weight is 391 g/mol. The third-order valence-corrected chi connectivity index (χ3v) is 5.72. The Bertz CT molecular complexity index is 1110. The van der Waals surface area contributed by atoms with Crippen molar-refractivity contribution in [2.45, 2.75) is 25.7 Å². The number of hydrogen-bond acceptors (Lipinski definition) is 1. The molecule has 0 aliphatic heterocycles. The van der Waals surface area contributed by atoms with E-state index in [0.717, 1.165) is 12.0 Å². The van der Waals surface area contributed by atoms with E-state index in [2.05, 4.69) is 85.8 Å².